The van der Waals surface area contributed by atoms with E-state index in [2.05, 4.69) is 15.6 Å². The van der Waals surface area contributed by atoms with E-state index in [0.717, 1.165) is 25.0 Å². The first kappa shape index (κ1) is 12.6. The molecule has 0 aromatic heterocycles. The fraction of sp³-hybridized carbons (Fsp3) is 0.917. The first-order valence-electron chi connectivity index (χ1n) is 6.52. The zero-order chi connectivity index (χ0) is 11.9. The summed E-state index contributed by atoms with van der Waals surface area (Å²) in [5, 5.41) is 6.63. The minimum Gasteiger partial charge on any atom is -0.376 e. The molecule has 1 unspecified atom stereocenters. The number of ether oxygens (including phenoxy) is 2. The second kappa shape index (κ2) is 6.81. The summed E-state index contributed by atoms with van der Waals surface area (Å²) in [5.74, 6) is 1.70. The first-order chi connectivity index (χ1) is 8.38. The van der Waals surface area contributed by atoms with Crippen molar-refractivity contribution < 1.29 is 9.47 Å². The lowest BCUT2D eigenvalue weighted by Gasteiger charge is -2.27. The van der Waals surface area contributed by atoms with Crippen LogP contribution in [-0.4, -0.2) is 52.0 Å². The summed E-state index contributed by atoms with van der Waals surface area (Å²) in [4.78, 5) is 4.20. The van der Waals surface area contributed by atoms with Gasteiger partial charge in [0.15, 0.2) is 5.96 Å². The molecule has 0 bridgehead atoms. The average Bonchev–Trinajstić information content (AvgIpc) is 2.32. The molecule has 1 aliphatic heterocycles. The molecule has 1 heterocycles. The maximum absolute atomic E-state index is 5.56. The highest BCUT2D eigenvalue weighted by Gasteiger charge is 2.18. The van der Waals surface area contributed by atoms with Gasteiger partial charge < -0.3 is 20.1 Å². The van der Waals surface area contributed by atoms with Crippen LogP contribution in [-0.2, 0) is 9.47 Å². The third-order valence-corrected chi connectivity index (χ3v) is 3.39. The second-order valence-corrected chi connectivity index (χ2v) is 4.70. The number of hydrogen-bond donors (Lipinski definition) is 2. The Morgan fingerprint density at radius 1 is 1.24 bits per heavy atom. The molecule has 1 atom stereocenters. The lowest BCUT2D eigenvalue weighted by Crippen LogP contribution is -2.46. The molecule has 0 aromatic rings. The number of aliphatic imine (C=N–C) groups is 1. The molecule has 0 amide bonds. The van der Waals surface area contributed by atoms with Gasteiger partial charge in [-0.15, -0.1) is 0 Å². The SMILES string of the molecule is CN=C(NCC1CCC1)NCC1COCCO1. The Bertz CT molecular complexity index is 248. The van der Waals surface area contributed by atoms with Crippen LogP contribution in [0.5, 0.6) is 0 Å². The van der Waals surface area contributed by atoms with Crippen molar-refractivity contribution in [3.8, 4) is 0 Å². The Labute approximate surface area is 103 Å². The van der Waals surface area contributed by atoms with Gasteiger partial charge in [0.1, 0.15) is 0 Å². The average molecular weight is 241 g/mol. The number of hydrogen-bond acceptors (Lipinski definition) is 3. The van der Waals surface area contributed by atoms with Gasteiger partial charge in [-0.25, -0.2) is 0 Å². The minimum atomic E-state index is 0.144. The zero-order valence-corrected chi connectivity index (χ0v) is 10.6. The van der Waals surface area contributed by atoms with Gasteiger partial charge in [-0.3, -0.25) is 4.99 Å². The molecule has 2 rings (SSSR count). The van der Waals surface area contributed by atoms with Crippen molar-refractivity contribution >= 4 is 5.96 Å². The van der Waals surface area contributed by atoms with E-state index in [1.807, 2.05) is 0 Å². The lowest BCUT2D eigenvalue weighted by molar-refractivity contribution is -0.0850. The summed E-state index contributed by atoms with van der Waals surface area (Å²) in [6, 6.07) is 0. The van der Waals surface area contributed by atoms with E-state index < -0.39 is 0 Å². The van der Waals surface area contributed by atoms with Crippen molar-refractivity contribution in [3.63, 3.8) is 0 Å². The van der Waals surface area contributed by atoms with E-state index in [4.69, 9.17) is 9.47 Å². The topological polar surface area (TPSA) is 54.9 Å². The van der Waals surface area contributed by atoms with Crippen LogP contribution >= 0.6 is 0 Å². The summed E-state index contributed by atoms with van der Waals surface area (Å²) in [7, 11) is 1.80. The summed E-state index contributed by atoms with van der Waals surface area (Å²) < 4.78 is 10.9. The molecule has 0 radical (unpaired) electrons. The minimum absolute atomic E-state index is 0.144. The molecular weight excluding hydrogens is 218 g/mol. The van der Waals surface area contributed by atoms with Gasteiger partial charge in [-0.2, -0.15) is 0 Å². The number of guanidine groups is 1. The molecule has 2 fully saturated rings. The molecule has 0 spiro atoms. The highest BCUT2D eigenvalue weighted by molar-refractivity contribution is 5.79. The normalized spacial score (nSPS) is 26.4. The van der Waals surface area contributed by atoms with Crippen LogP contribution in [0.15, 0.2) is 4.99 Å². The molecule has 2 aliphatic rings. The molecule has 17 heavy (non-hydrogen) atoms. The quantitative estimate of drug-likeness (QED) is 0.551. The summed E-state index contributed by atoms with van der Waals surface area (Å²) in [6.45, 7) is 3.87. The smallest absolute Gasteiger partial charge is 0.191 e. The standard InChI is InChI=1S/C12H23N3O2/c1-13-12(14-7-10-3-2-4-10)15-8-11-9-16-5-6-17-11/h10-11H,2-9H2,1H3,(H2,13,14,15). The number of nitrogens with one attached hydrogen (secondary N) is 2. The van der Waals surface area contributed by atoms with Gasteiger partial charge >= 0.3 is 0 Å². The van der Waals surface area contributed by atoms with Gasteiger partial charge in [0.05, 0.1) is 25.9 Å². The monoisotopic (exact) mass is 241 g/mol. The predicted octanol–water partition coefficient (Wildman–Crippen LogP) is 0.367. The van der Waals surface area contributed by atoms with Crippen molar-refractivity contribution in [2.24, 2.45) is 10.9 Å². The van der Waals surface area contributed by atoms with Crippen LogP contribution in [0.1, 0.15) is 19.3 Å². The highest BCUT2D eigenvalue weighted by atomic mass is 16.6. The van der Waals surface area contributed by atoms with E-state index >= 15 is 0 Å². The zero-order valence-electron chi connectivity index (χ0n) is 10.6. The molecule has 1 aliphatic carbocycles. The van der Waals surface area contributed by atoms with Crippen LogP contribution in [0.25, 0.3) is 0 Å². The van der Waals surface area contributed by atoms with Gasteiger partial charge in [-0.05, 0) is 18.8 Å². The van der Waals surface area contributed by atoms with Crippen LogP contribution in [0.4, 0.5) is 0 Å². The molecule has 5 nitrogen and oxygen atoms in total. The summed E-state index contributed by atoms with van der Waals surface area (Å²) in [6.07, 6.45) is 4.23. The molecule has 5 heteroatoms. The van der Waals surface area contributed by atoms with E-state index in [0.29, 0.717) is 19.8 Å². The highest BCUT2D eigenvalue weighted by Crippen LogP contribution is 2.24. The summed E-state index contributed by atoms with van der Waals surface area (Å²) in [5.41, 5.74) is 0. The van der Waals surface area contributed by atoms with E-state index in [-0.39, 0.29) is 6.10 Å². The van der Waals surface area contributed by atoms with Crippen molar-refractivity contribution in [3.05, 3.63) is 0 Å². The van der Waals surface area contributed by atoms with Gasteiger partial charge in [0, 0.05) is 20.1 Å². The van der Waals surface area contributed by atoms with Crippen LogP contribution in [0.3, 0.4) is 0 Å². The Morgan fingerprint density at radius 3 is 2.65 bits per heavy atom. The van der Waals surface area contributed by atoms with Gasteiger partial charge in [-0.1, -0.05) is 6.42 Å². The third kappa shape index (κ3) is 4.16. The second-order valence-electron chi connectivity index (χ2n) is 4.70. The first-order valence-corrected chi connectivity index (χ1v) is 6.52. The van der Waals surface area contributed by atoms with E-state index in [9.17, 15) is 0 Å². The largest absolute Gasteiger partial charge is 0.376 e. The van der Waals surface area contributed by atoms with Crippen LogP contribution in [0.2, 0.25) is 0 Å². The maximum Gasteiger partial charge on any atom is 0.191 e. The fourth-order valence-corrected chi connectivity index (χ4v) is 2.02. The lowest BCUT2D eigenvalue weighted by atomic mass is 9.85. The Morgan fingerprint density at radius 2 is 2.06 bits per heavy atom. The maximum atomic E-state index is 5.56. The van der Waals surface area contributed by atoms with E-state index in [1.165, 1.54) is 19.3 Å². The van der Waals surface area contributed by atoms with Crippen LogP contribution in [0, 0.1) is 5.92 Å². The fourth-order valence-electron chi connectivity index (χ4n) is 2.02. The molecule has 1 saturated carbocycles. The van der Waals surface area contributed by atoms with Gasteiger partial charge in [0.2, 0.25) is 0 Å². The Balaban J connectivity index is 1.60. The molecular formula is C12H23N3O2. The summed E-state index contributed by atoms with van der Waals surface area (Å²) >= 11 is 0. The molecule has 1 saturated heterocycles. The van der Waals surface area contributed by atoms with Gasteiger partial charge in [0.25, 0.3) is 0 Å². The molecule has 0 aromatic carbocycles. The predicted molar refractivity (Wildman–Crippen MR) is 67.3 cm³/mol. The van der Waals surface area contributed by atoms with Crippen molar-refractivity contribution in [2.45, 2.75) is 25.4 Å². The molecule has 2 N–H and O–H groups in total. The van der Waals surface area contributed by atoms with Crippen molar-refractivity contribution in [1.82, 2.24) is 10.6 Å². The van der Waals surface area contributed by atoms with E-state index in [1.54, 1.807) is 7.05 Å². The number of nitrogens with zero attached hydrogens (tertiary/aromatic N) is 1. The van der Waals surface area contributed by atoms with Crippen molar-refractivity contribution in [2.75, 3.05) is 40.0 Å². The molecule has 98 valence electrons. The van der Waals surface area contributed by atoms with Crippen molar-refractivity contribution in [1.29, 1.82) is 0 Å². The third-order valence-electron chi connectivity index (χ3n) is 3.39. The van der Waals surface area contributed by atoms with Crippen LogP contribution < -0.4 is 10.6 Å². The number of rotatable bonds is 4. The Kier molecular flexibility index (Phi) is 5.07. The Hall–Kier alpha value is -0.810.